The van der Waals surface area contributed by atoms with Gasteiger partial charge in [-0.15, -0.1) is 0 Å². The molecule has 8 heteroatoms. The van der Waals surface area contributed by atoms with Gasteiger partial charge in [0, 0.05) is 18.2 Å². The molecule has 0 bridgehead atoms. The molecule has 0 aliphatic carbocycles. The summed E-state index contributed by atoms with van der Waals surface area (Å²) in [6.07, 6.45) is -0.456. The standard InChI is InChI=1S/C9H8F3N3OS/c1-17(15(16)6-13)5-7-2-3-8(14-4-7)9(10,11)12/h2-4H,5H2,1H3. The van der Waals surface area contributed by atoms with Crippen LogP contribution < -0.4 is 0 Å². The van der Waals surface area contributed by atoms with E-state index in [4.69, 9.17) is 5.26 Å². The Morgan fingerprint density at radius 1 is 1.53 bits per heavy atom. The van der Waals surface area contributed by atoms with Crippen LogP contribution in [0.15, 0.2) is 18.3 Å². The second kappa shape index (κ2) is 5.25. The average Bonchev–Trinajstić information content (AvgIpc) is 2.27. The molecule has 0 saturated carbocycles. The number of hydrogen-bond donors (Lipinski definition) is 0. The van der Waals surface area contributed by atoms with Gasteiger partial charge >= 0.3 is 12.4 Å². The van der Waals surface area contributed by atoms with Crippen LogP contribution in [0, 0.1) is 16.7 Å². The van der Waals surface area contributed by atoms with E-state index in [-0.39, 0.29) is 9.86 Å². The van der Waals surface area contributed by atoms with Gasteiger partial charge in [-0.2, -0.15) is 17.3 Å². The highest BCUT2D eigenvalue weighted by atomic mass is 32.2. The molecule has 0 aliphatic heterocycles. The van der Waals surface area contributed by atoms with Gasteiger partial charge in [0.05, 0.1) is 0 Å². The number of hydroxylamine groups is 1. The first-order chi connectivity index (χ1) is 7.84. The summed E-state index contributed by atoms with van der Waals surface area (Å²) < 4.78 is 36.8. The number of aromatic nitrogens is 1. The van der Waals surface area contributed by atoms with Gasteiger partial charge in [-0.05, 0) is 22.3 Å². The molecule has 0 radical (unpaired) electrons. The summed E-state index contributed by atoms with van der Waals surface area (Å²) >= 11 is 0. The van der Waals surface area contributed by atoms with Gasteiger partial charge < -0.3 is 5.21 Å². The van der Waals surface area contributed by atoms with Crippen molar-refractivity contribution in [2.75, 3.05) is 6.26 Å². The van der Waals surface area contributed by atoms with E-state index in [1.165, 1.54) is 18.5 Å². The van der Waals surface area contributed by atoms with Gasteiger partial charge in [-0.3, -0.25) is 4.98 Å². The SMILES string of the molecule is CS(Cc1ccc(C(F)(F)F)nc1)=[N+]([O-])C#N. The molecule has 0 fully saturated rings. The van der Waals surface area contributed by atoms with Crippen LogP contribution in [0.5, 0.6) is 0 Å². The number of rotatable bonds is 2. The quantitative estimate of drug-likeness (QED) is 0.355. The average molecular weight is 263 g/mol. The molecule has 1 unspecified atom stereocenters. The molecule has 4 nitrogen and oxygen atoms in total. The van der Waals surface area contributed by atoms with Crippen LogP contribution in [-0.4, -0.2) is 15.3 Å². The van der Waals surface area contributed by atoms with E-state index in [0.717, 1.165) is 12.3 Å². The van der Waals surface area contributed by atoms with Crippen molar-refractivity contribution in [3.63, 3.8) is 0 Å². The lowest BCUT2D eigenvalue weighted by Crippen LogP contribution is -2.09. The first kappa shape index (κ1) is 13.6. The first-order valence-corrected chi connectivity index (χ1v) is 6.12. The number of hydrogen-bond acceptors (Lipinski definition) is 3. The number of halogens is 3. The highest BCUT2D eigenvalue weighted by Crippen LogP contribution is 2.27. The van der Waals surface area contributed by atoms with Crippen molar-refractivity contribution in [3.8, 4) is 6.19 Å². The molecule has 1 aromatic rings. The third-order valence-corrected chi connectivity index (χ3v) is 3.25. The van der Waals surface area contributed by atoms with Crippen LogP contribution in [-0.2, 0) is 22.6 Å². The fourth-order valence-corrected chi connectivity index (χ4v) is 1.96. The predicted octanol–water partition coefficient (Wildman–Crippen LogP) is 2.02. The zero-order valence-corrected chi connectivity index (χ0v) is 9.55. The normalized spacial score (nSPS) is 14.0. The van der Waals surface area contributed by atoms with Gasteiger partial charge in [0.25, 0.3) is 0 Å². The Morgan fingerprint density at radius 3 is 2.59 bits per heavy atom. The van der Waals surface area contributed by atoms with Gasteiger partial charge in [0.2, 0.25) is 0 Å². The summed E-state index contributed by atoms with van der Waals surface area (Å²) in [6, 6.07) is 2.11. The summed E-state index contributed by atoms with van der Waals surface area (Å²) in [5, 5.41) is 19.2. The zero-order chi connectivity index (χ0) is 13.1. The summed E-state index contributed by atoms with van der Waals surface area (Å²) in [5.41, 5.74) is -0.489. The van der Waals surface area contributed by atoms with E-state index in [9.17, 15) is 18.4 Å². The molecular formula is C9H8F3N3OS. The van der Waals surface area contributed by atoms with Crippen LogP contribution >= 0.6 is 0 Å². The van der Waals surface area contributed by atoms with Crippen LogP contribution in [0.3, 0.4) is 0 Å². The predicted molar refractivity (Wildman–Crippen MR) is 55.5 cm³/mol. The van der Waals surface area contributed by atoms with Gasteiger partial charge in [0.1, 0.15) is 5.69 Å². The Bertz CT molecular complexity index is 476. The monoisotopic (exact) mass is 263 g/mol. The minimum atomic E-state index is -4.47. The van der Waals surface area contributed by atoms with Crippen LogP contribution in [0.1, 0.15) is 11.3 Å². The van der Waals surface area contributed by atoms with Gasteiger partial charge in [0.15, 0.2) is 5.26 Å². The molecule has 1 atom stereocenters. The number of pyridine rings is 1. The summed E-state index contributed by atoms with van der Waals surface area (Å²) in [4.78, 5) is 3.26. The fourth-order valence-electron chi connectivity index (χ4n) is 1.05. The second-order valence-electron chi connectivity index (χ2n) is 3.15. The summed E-state index contributed by atoms with van der Waals surface area (Å²) in [6.45, 7) is 0. The molecule has 1 aromatic heterocycles. The maximum absolute atomic E-state index is 12.2. The molecule has 0 spiro atoms. The van der Waals surface area contributed by atoms with Crippen molar-refractivity contribution in [2.24, 2.45) is 0 Å². The molecule has 0 amide bonds. The van der Waals surface area contributed by atoms with Crippen molar-refractivity contribution >= 4 is 10.7 Å². The molecule has 1 rings (SSSR count). The van der Waals surface area contributed by atoms with Crippen molar-refractivity contribution in [1.82, 2.24) is 4.98 Å². The smallest absolute Gasteiger partial charge is 0.461 e. The Morgan fingerprint density at radius 2 is 2.18 bits per heavy atom. The van der Waals surface area contributed by atoms with Crippen molar-refractivity contribution in [2.45, 2.75) is 11.9 Å². The Balaban J connectivity index is 2.88. The number of nitrogens with zero attached hydrogens (tertiary/aromatic N) is 3. The summed E-state index contributed by atoms with van der Waals surface area (Å²) in [7, 11) is -0.898. The number of nitriles is 1. The fraction of sp³-hybridized carbons (Fsp3) is 0.333. The van der Waals surface area contributed by atoms with Crippen LogP contribution in [0.2, 0.25) is 0 Å². The molecule has 0 aliphatic rings. The second-order valence-corrected chi connectivity index (χ2v) is 4.97. The molecule has 0 aromatic carbocycles. The first-order valence-electron chi connectivity index (χ1n) is 4.36. The molecule has 17 heavy (non-hydrogen) atoms. The maximum Gasteiger partial charge on any atom is 0.461 e. The third kappa shape index (κ3) is 3.80. The summed E-state index contributed by atoms with van der Waals surface area (Å²) in [5.74, 6) is 0.197. The van der Waals surface area contributed by atoms with E-state index < -0.39 is 22.6 Å². The molecule has 1 heterocycles. The van der Waals surface area contributed by atoms with Gasteiger partial charge in [-0.25, -0.2) is 0 Å². The molecule has 0 N–H and O–H groups in total. The van der Waals surface area contributed by atoms with E-state index in [1.54, 1.807) is 0 Å². The minimum absolute atomic E-state index is 0.197. The largest absolute Gasteiger partial charge is 0.634 e. The Hall–Kier alpha value is -1.46. The Labute approximate surface area is 98.0 Å². The van der Waals surface area contributed by atoms with E-state index in [2.05, 4.69) is 4.98 Å². The van der Waals surface area contributed by atoms with Crippen LogP contribution in [0.4, 0.5) is 13.2 Å². The highest BCUT2D eigenvalue weighted by molar-refractivity contribution is 7.83. The van der Waals surface area contributed by atoms with Crippen molar-refractivity contribution < 1.29 is 17.3 Å². The maximum atomic E-state index is 12.2. The lowest BCUT2D eigenvalue weighted by Gasteiger charge is -2.08. The molecule has 0 saturated heterocycles. The Kier molecular flexibility index (Phi) is 4.20. The molecule has 92 valence electrons. The third-order valence-electron chi connectivity index (χ3n) is 1.86. The van der Waals surface area contributed by atoms with E-state index in [0.29, 0.717) is 5.56 Å². The van der Waals surface area contributed by atoms with Crippen molar-refractivity contribution in [1.29, 1.82) is 5.26 Å². The van der Waals surface area contributed by atoms with E-state index in [1.807, 2.05) is 0 Å². The minimum Gasteiger partial charge on any atom is -0.634 e. The molecular weight excluding hydrogens is 255 g/mol. The van der Waals surface area contributed by atoms with Crippen molar-refractivity contribution in [3.05, 3.63) is 34.8 Å². The topological polar surface area (TPSA) is 62.8 Å². The highest BCUT2D eigenvalue weighted by Gasteiger charge is 2.31. The number of alkyl halides is 3. The zero-order valence-electron chi connectivity index (χ0n) is 8.73. The lowest BCUT2D eigenvalue weighted by atomic mass is 10.3. The lowest BCUT2D eigenvalue weighted by molar-refractivity contribution is -0.328. The van der Waals surface area contributed by atoms with Crippen LogP contribution in [0.25, 0.3) is 0 Å². The van der Waals surface area contributed by atoms with E-state index >= 15 is 0 Å². The van der Waals surface area contributed by atoms with Gasteiger partial charge in [-0.1, -0.05) is 6.07 Å².